The lowest BCUT2D eigenvalue weighted by Crippen LogP contribution is -2.30. The molecule has 4 heteroatoms. The van der Waals surface area contributed by atoms with Gasteiger partial charge >= 0.3 is 0 Å². The van der Waals surface area contributed by atoms with Crippen molar-refractivity contribution < 1.29 is 8.42 Å². The van der Waals surface area contributed by atoms with Gasteiger partial charge in [0.2, 0.25) is 10.0 Å². The fourth-order valence-electron chi connectivity index (χ4n) is 1.77. The summed E-state index contributed by atoms with van der Waals surface area (Å²) < 4.78 is 25.7. The predicted octanol–water partition coefficient (Wildman–Crippen LogP) is 2.28. The van der Waals surface area contributed by atoms with E-state index in [-0.39, 0.29) is 5.92 Å². The normalized spacial score (nSPS) is 14.4. The van der Waals surface area contributed by atoms with E-state index in [0.717, 1.165) is 5.56 Å². The maximum atomic E-state index is 12.2. The minimum Gasteiger partial charge on any atom is -0.212 e. The molecule has 0 aliphatic rings. The van der Waals surface area contributed by atoms with Gasteiger partial charge in [0, 0.05) is 14.1 Å². The average Bonchev–Trinajstić information content (AvgIpc) is 2.18. The van der Waals surface area contributed by atoms with E-state index >= 15 is 0 Å². The lowest BCUT2D eigenvalue weighted by molar-refractivity contribution is 0.479. The molecule has 0 fully saturated rings. The van der Waals surface area contributed by atoms with Crippen LogP contribution in [-0.2, 0) is 10.0 Å². The van der Waals surface area contributed by atoms with Gasteiger partial charge in [0.15, 0.2) is 0 Å². The van der Waals surface area contributed by atoms with Crippen LogP contribution in [0.25, 0.3) is 0 Å². The minimum absolute atomic E-state index is 0.0507. The first-order valence-corrected chi connectivity index (χ1v) is 6.84. The predicted molar refractivity (Wildman–Crippen MR) is 66.6 cm³/mol. The fourth-order valence-corrected chi connectivity index (χ4v) is 3.41. The van der Waals surface area contributed by atoms with Crippen LogP contribution in [0.2, 0.25) is 0 Å². The highest BCUT2D eigenvalue weighted by atomic mass is 32.2. The zero-order valence-electron chi connectivity index (χ0n) is 10.2. The van der Waals surface area contributed by atoms with Crippen LogP contribution in [0.15, 0.2) is 30.3 Å². The lowest BCUT2D eigenvalue weighted by Gasteiger charge is -2.25. The van der Waals surface area contributed by atoms with Crippen molar-refractivity contribution in [3.63, 3.8) is 0 Å². The van der Waals surface area contributed by atoms with Crippen molar-refractivity contribution in [2.24, 2.45) is 5.92 Å². The molecule has 1 aromatic carbocycles. The summed E-state index contributed by atoms with van der Waals surface area (Å²) in [5.74, 6) is 0.0507. The van der Waals surface area contributed by atoms with Crippen LogP contribution in [0.4, 0.5) is 0 Å². The molecule has 1 rings (SSSR count). The van der Waals surface area contributed by atoms with Gasteiger partial charge in [-0.2, -0.15) is 0 Å². The first kappa shape index (κ1) is 13.2. The van der Waals surface area contributed by atoms with E-state index in [9.17, 15) is 8.42 Å². The SMILES string of the molecule is CC(C)C(c1ccccc1)S(=O)(=O)N(C)C. The minimum atomic E-state index is -3.26. The van der Waals surface area contributed by atoms with Gasteiger partial charge in [0.05, 0.1) is 0 Å². The van der Waals surface area contributed by atoms with E-state index in [4.69, 9.17) is 0 Å². The Bertz CT molecular complexity index is 424. The summed E-state index contributed by atoms with van der Waals surface area (Å²) in [6, 6.07) is 9.37. The van der Waals surface area contributed by atoms with Gasteiger partial charge in [-0.3, -0.25) is 0 Å². The van der Waals surface area contributed by atoms with Crippen LogP contribution in [0.1, 0.15) is 24.7 Å². The molecule has 3 nitrogen and oxygen atoms in total. The van der Waals surface area contributed by atoms with Crippen LogP contribution in [0.3, 0.4) is 0 Å². The van der Waals surface area contributed by atoms with E-state index in [1.165, 1.54) is 4.31 Å². The third-order valence-electron chi connectivity index (χ3n) is 2.56. The Morgan fingerprint density at radius 1 is 1.06 bits per heavy atom. The maximum Gasteiger partial charge on any atom is 0.220 e. The van der Waals surface area contributed by atoms with Gasteiger partial charge in [0.25, 0.3) is 0 Å². The van der Waals surface area contributed by atoms with Crippen LogP contribution >= 0.6 is 0 Å². The molecule has 0 saturated heterocycles. The highest BCUT2D eigenvalue weighted by Gasteiger charge is 2.31. The fraction of sp³-hybridized carbons (Fsp3) is 0.500. The van der Waals surface area contributed by atoms with Gasteiger partial charge in [-0.15, -0.1) is 0 Å². The summed E-state index contributed by atoms with van der Waals surface area (Å²) in [5, 5.41) is -0.469. The van der Waals surface area contributed by atoms with Crippen molar-refractivity contribution in [3.05, 3.63) is 35.9 Å². The van der Waals surface area contributed by atoms with Crippen LogP contribution in [-0.4, -0.2) is 26.8 Å². The van der Waals surface area contributed by atoms with E-state index in [1.807, 2.05) is 44.2 Å². The van der Waals surface area contributed by atoms with E-state index < -0.39 is 15.3 Å². The maximum absolute atomic E-state index is 12.2. The Balaban J connectivity index is 3.22. The van der Waals surface area contributed by atoms with Crippen molar-refractivity contribution in [1.29, 1.82) is 0 Å². The zero-order valence-corrected chi connectivity index (χ0v) is 11.0. The van der Waals surface area contributed by atoms with Crippen molar-refractivity contribution in [1.82, 2.24) is 4.31 Å². The Kier molecular flexibility index (Phi) is 4.10. The molecule has 1 aromatic rings. The van der Waals surface area contributed by atoms with Gasteiger partial charge in [0.1, 0.15) is 5.25 Å². The molecule has 0 aliphatic carbocycles. The highest BCUT2D eigenvalue weighted by molar-refractivity contribution is 7.89. The molecule has 0 spiro atoms. The van der Waals surface area contributed by atoms with E-state index in [2.05, 4.69) is 0 Å². The molecule has 0 heterocycles. The molecular formula is C12H19NO2S. The second-order valence-corrected chi connectivity index (χ2v) is 6.67. The molecule has 0 aliphatic heterocycles. The van der Waals surface area contributed by atoms with Crippen molar-refractivity contribution >= 4 is 10.0 Å². The number of benzene rings is 1. The van der Waals surface area contributed by atoms with Crippen molar-refractivity contribution in [2.45, 2.75) is 19.1 Å². The van der Waals surface area contributed by atoms with Crippen molar-refractivity contribution in [3.8, 4) is 0 Å². The molecular weight excluding hydrogens is 222 g/mol. The first-order valence-electron chi connectivity index (χ1n) is 5.33. The second kappa shape index (κ2) is 4.97. The van der Waals surface area contributed by atoms with Crippen LogP contribution in [0, 0.1) is 5.92 Å². The third kappa shape index (κ3) is 2.62. The Morgan fingerprint density at radius 2 is 1.56 bits per heavy atom. The summed E-state index contributed by atoms with van der Waals surface area (Å²) in [6.45, 7) is 3.86. The number of rotatable bonds is 4. The molecule has 0 N–H and O–H groups in total. The summed E-state index contributed by atoms with van der Waals surface area (Å²) in [4.78, 5) is 0. The smallest absolute Gasteiger partial charge is 0.212 e. The summed E-state index contributed by atoms with van der Waals surface area (Å²) >= 11 is 0. The number of hydrogen-bond donors (Lipinski definition) is 0. The zero-order chi connectivity index (χ0) is 12.3. The standard InChI is InChI=1S/C12H19NO2S/c1-10(2)12(16(14,15)13(3)4)11-8-6-5-7-9-11/h5-10,12H,1-4H3. The Morgan fingerprint density at radius 3 is 1.94 bits per heavy atom. The lowest BCUT2D eigenvalue weighted by atomic mass is 10.0. The van der Waals surface area contributed by atoms with Crippen molar-refractivity contribution in [2.75, 3.05) is 14.1 Å². The summed E-state index contributed by atoms with van der Waals surface area (Å²) in [5.41, 5.74) is 0.853. The monoisotopic (exact) mass is 241 g/mol. The number of hydrogen-bond acceptors (Lipinski definition) is 2. The Labute approximate surface area is 98.1 Å². The molecule has 16 heavy (non-hydrogen) atoms. The Hall–Kier alpha value is -0.870. The molecule has 0 aromatic heterocycles. The molecule has 0 amide bonds. The number of sulfonamides is 1. The van der Waals surface area contributed by atoms with E-state index in [0.29, 0.717) is 0 Å². The first-order chi connectivity index (χ1) is 7.37. The second-order valence-electron chi connectivity index (χ2n) is 4.40. The van der Waals surface area contributed by atoms with Gasteiger partial charge in [-0.25, -0.2) is 12.7 Å². The largest absolute Gasteiger partial charge is 0.220 e. The topological polar surface area (TPSA) is 37.4 Å². The summed E-state index contributed by atoms with van der Waals surface area (Å²) in [6.07, 6.45) is 0. The molecule has 0 radical (unpaired) electrons. The summed E-state index contributed by atoms with van der Waals surface area (Å²) in [7, 11) is -0.104. The average molecular weight is 241 g/mol. The molecule has 90 valence electrons. The van der Waals surface area contributed by atoms with Crippen LogP contribution in [0.5, 0.6) is 0 Å². The molecule has 1 unspecified atom stereocenters. The molecule has 0 saturated carbocycles. The van der Waals surface area contributed by atoms with Gasteiger partial charge < -0.3 is 0 Å². The van der Waals surface area contributed by atoms with Crippen LogP contribution < -0.4 is 0 Å². The quantitative estimate of drug-likeness (QED) is 0.811. The van der Waals surface area contributed by atoms with E-state index in [1.54, 1.807) is 14.1 Å². The molecule has 0 bridgehead atoms. The molecule has 1 atom stereocenters. The number of nitrogens with zero attached hydrogens (tertiary/aromatic N) is 1. The van der Waals surface area contributed by atoms with Gasteiger partial charge in [-0.05, 0) is 11.5 Å². The van der Waals surface area contributed by atoms with Gasteiger partial charge in [-0.1, -0.05) is 44.2 Å². The highest BCUT2D eigenvalue weighted by Crippen LogP contribution is 2.31. The third-order valence-corrected chi connectivity index (χ3v) is 5.04.